The Morgan fingerprint density at radius 1 is 0.969 bits per heavy atom. The fourth-order valence-electron chi connectivity index (χ4n) is 2.72. The monoisotopic (exact) mass is 453 g/mol. The molecule has 0 bridgehead atoms. The molecule has 32 heavy (non-hydrogen) atoms. The normalized spacial score (nSPS) is 13.5. The third kappa shape index (κ3) is 9.73. The number of benzene rings is 1. The molecule has 0 aromatic heterocycles. The summed E-state index contributed by atoms with van der Waals surface area (Å²) in [7, 11) is 0. The van der Waals surface area contributed by atoms with E-state index in [1.54, 1.807) is 0 Å². The molecule has 0 spiro atoms. The van der Waals surface area contributed by atoms with Crippen LogP contribution in [0.1, 0.15) is 24.8 Å². The number of phenols is 1. The zero-order valence-corrected chi connectivity index (χ0v) is 17.6. The molecule has 0 heterocycles. The highest BCUT2D eigenvalue weighted by atomic mass is 16.4. The number of unbranched alkanes of at least 4 members (excludes halogenated alkanes) is 1. The molecule has 12 nitrogen and oxygen atoms in total. The third-order valence-corrected chi connectivity index (χ3v) is 4.55. The minimum Gasteiger partial charge on any atom is -0.508 e. The van der Waals surface area contributed by atoms with Crippen LogP contribution < -0.4 is 27.4 Å². The molecule has 3 amide bonds. The molecule has 178 valence electrons. The summed E-state index contributed by atoms with van der Waals surface area (Å²) in [6, 6.07) is 2.31. The average molecular weight is 453 g/mol. The smallest absolute Gasteiger partial charge is 0.328 e. The van der Waals surface area contributed by atoms with Crippen molar-refractivity contribution in [1.29, 1.82) is 0 Å². The Morgan fingerprint density at radius 2 is 1.62 bits per heavy atom. The van der Waals surface area contributed by atoms with E-state index in [1.165, 1.54) is 24.3 Å². The van der Waals surface area contributed by atoms with Crippen LogP contribution in [0.15, 0.2) is 24.3 Å². The SMILES string of the molecule is NCCCCC(N)C(=O)NCC(=O)NC(Cc1ccc(O)cc1)C(=O)NC(CO)C(=O)O. The second kappa shape index (κ2) is 14.0. The molecular weight excluding hydrogens is 422 g/mol. The summed E-state index contributed by atoms with van der Waals surface area (Å²) in [6.07, 6.45) is 1.78. The minimum atomic E-state index is -1.55. The van der Waals surface area contributed by atoms with Gasteiger partial charge in [-0.3, -0.25) is 14.4 Å². The van der Waals surface area contributed by atoms with Gasteiger partial charge in [-0.25, -0.2) is 4.79 Å². The second-order valence-electron chi connectivity index (χ2n) is 7.18. The number of hydrogen-bond donors (Lipinski definition) is 8. The van der Waals surface area contributed by atoms with E-state index >= 15 is 0 Å². The summed E-state index contributed by atoms with van der Waals surface area (Å²) in [5.74, 6) is -3.48. The summed E-state index contributed by atoms with van der Waals surface area (Å²) in [6.45, 7) is -0.787. The van der Waals surface area contributed by atoms with Gasteiger partial charge in [0.25, 0.3) is 0 Å². The fraction of sp³-hybridized carbons (Fsp3) is 0.500. The highest BCUT2D eigenvalue weighted by Crippen LogP contribution is 2.11. The lowest BCUT2D eigenvalue weighted by Crippen LogP contribution is -2.55. The van der Waals surface area contributed by atoms with Gasteiger partial charge in [-0.2, -0.15) is 0 Å². The van der Waals surface area contributed by atoms with E-state index in [4.69, 9.17) is 21.7 Å². The molecule has 0 fully saturated rings. The van der Waals surface area contributed by atoms with Gasteiger partial charge in [0.15, 0.2) is 0 Å². The molecule has 3 unspecified atom stereocenters. The zero-order chi connectivity index (χ0) is 24.1. The first kappa shape index (κ1) is 26.8. The van der Waals surface area contributed by atoms with E-state index in [1.807, 2.05) is 0 Å². The molecule has 0 aliphatic carbocycles. The molecule has 1 rings (SSSR count). The van der Waals surface area contributed by atoms with Gasteiger partial charge in [0.05, 0.1) is 19.2 Å². The van der Waals surface area contributed by atoms with Crippen molar-refractivity contribution in [3.8, 4) is 5.75 Å². The van der Waals surface area contributed by atoms with Crippen molar-refractivity contribution >= 4 is 23.7 Å². The van der Waals surface area contributed by atoms with Crippen LogP contribution in [0.5, 0.6) is 5.75 Å². The number of carbonyl (C=O) groups excluding carboxylic acids is 3. The molecule has 12 heteroatoms. The number of carboxylic acids is 1. The fourth-order valence-corrected chi connectivity index (χ4v) is 2.72. The first-order valence-corrected chi connectivity index (χ1v) is 10.1. The maximum absolute atomic E-state index is 12.5. The number of rotatable bonds is 14. The predicted molar refractivity (Wildman–Crippen MR) is 114 cm³/mol. The Labute approximate surface area is 185 Å². The van der Waals surface area contributed by atoms with Gasteiger partial charge in [-0.05, 0) is 37.1 Å². The molecule has 0 aliphatic heterocycles. The lowest BCUT2D eigenvalue weighted by atomic mass is 10.0. The molecule has 1 aromatic rings. The van der Waals surface area contributed by atoms with Crippen LogP contribution in [-0.2, 0) is 25.6 Å². The third-order valence-electron chi connectivity index (χ3n) is 4.55. The molecule has 0 saturated heterocycles. The number of aliphatic hydroxyl groups is 1. The van der Waals surface area contributed by atoms with Gasteiger partial charge >= 0.3 is 5.97 Å². The van der Waals surface area contributed by atoms with E-state index in [-0.39, 0.29) is 12.2 Å². The minimum absolute atomic E-state index is 0.00974. The lowest BCUT2D eigenvalue weighted by molar-refractivity contribution is -0.143. The Bertz CT molecular complexity index is 772. The molecular formula is C20H31N5O7. The van der Waals surface area contributed by atoms with Gasteiger partial charge in [-0.1, -0.05) is 18.6 Å². The second-order valence-corrected chi connectivity index (χ2v) is 7.18. The van der Waals surface area contributed by atoms with Gasteiger partial charge in [0.2, 0.25) is 17.7 Å². The Morgan fingerprint density at radius 3 is 2.19 bits per heavy atom. The molecule has 3 atom stereocenters. The van der Waals surface area contributed by atoms with E-state index in [2.05, 4.69) is 16.0 Å². The standard InChI is InChI=1S/C20H31N5O7/c21-8-2-1-3-14(22)18(29)23-10-17(28)24-15(9-12-4-6-13(27)7-5-12)19(30)25-16(11-26)20(31)32/h4-7,14-16,26-27H,1-3,8-11,21-22H2,(H,23,29)(H,24,28)(H,25,30)(H,31,32). The van der Waals surface area contributed by atoms with Crippen molar-refractivity contribution in [2.24, 2.45) is 11.5 Å². The number of nitrogens with one attached hydrogen (secondary N) is 3. The van der Waals surface area contributed by atoms with Crippen molar-refractivity contribution in [2.45, 2.75) is 43.8 Å². The quantitative estimate of drug-likeness (QED) is 0.140. The van der Waals surface area contributed by atoms with E-state index in [0.717, 1.165) is 6.42 Å². The number of nitrogens with two attached hydrogens (primary N) is 2. The lowest BCUT2D eigenvalue weighted by Gasteiger charge is -2.21. The number of carboxylic acid groups (broad SMARTS) is 1. The Balaban J connectivity index is 2.75. The van der Waals surface area contributed by atoms with Crippen LogP contribution in [0, 0.1) is 0 Å². The number of amides is 3. The number of aliphatic carboxylic acids is 1. The predicted octanol–water partition coefficient (Wildman–Crippen LogP) is -2.45. The summed E-state index contributed by atoms with van der Waals surface area (Å²) >= 11 is 0. The number of aromatic hydroxyl groups is 1. The largest absolute Gasteiger partial charge is 0.508 e. The Kier molecular flexibility index (Phi) is 11.7. The van der Waals surface area contributed by atoms with Gasteiger partial charge in [-0.15, -0.1) is 0 Å². The first-order valence-electron chi connectivity index (χ1n) is 10.1. The Hall–Kier alpha value is -3.22. The van der Waals surface area contributed by atoms with Crippen molar-refractivity contribution in [3.63, 3.8) is 0 Å². The number of aliphatic hydroxyl groups excluding tert-OH is 1. The molecule has 0 aliphatic rings. The average Bonchev–Trinajstić information content (AvgIpc) is 2.76. The zero-order valence-electron chi connectivity index (χ0n) is 17.6. The number of phenolic OH excluding ortho intramolecular Hbond substituents is 1. The highest BCUT2D eigenvalue weighted by molar-refractivity contribution is 5.92. The molecule has 1 aromatic carbocycles. The summed E-state index contributed by atoms with van der Waals surface area (Å²) < 4.78 is 0. The van der Waals surface area contributed by atoms with E-state index < -0.39 is 55.0 Å². The van der Waals surface area contributed by atoms with Crippen LogP contribution in [0.2, 0.25) is 0 Å². The van der Waals surface area contributed by atoms with Crippen LogP contribution in [-0.4, -0.2) is 76.8 Å². The van der Waals surface area contributed by atoms with Crippen LogP contribution in [0.4, 0.5) is 0 Å². The van der Waals surface area contributed by atoms with Crippen molar-refractivity contribution in [2.75, 3.05) is 19.7 Å². The van der Waals surface area contributed by atoms with Crippen molar-refractivity contribution < 1.29 is 34.5 Å². The van der Waals surface area contributed by atoms with Gasteiger partial charge in [0, 0.05) is 6.42 Å². The van der Waals surface area contributed by atoms with E-state index in [0.29, 0.717) is 24.9 Å². The van der Waals surface area contributed by atoms with Crippen LogP contribution in [0.25, 0.3) is 0 Å². The first-order chi connectivity index (χ1) is 15.2. The summed E-state index contributed by atoms with van der Waals surface area (Å²) in [5, 5.41) is 34.5. The molecule has 10 N–H and O–H groups in total. The maximum atomic E-state index is 12.5. The summed E-state index contributed by atoms with van der Waals surface area (Å²) in [4.78, 5) is 47.9. The van der Waals surface area contributed by atoms with Crippen LogP contribution >= 0.6 is 0 Å². The number of hydrogen-bond acceptors (Lipinski definition) is 8. The van der Waals surface area contributed by atoms with Crippen molar-refractivity contribution in [3.05, 3.63) is 29.8 Å². The van der Waals surface area contributed by atoms with Gasteiger partial charge in [0.1, 0.15) is 17.8 Å². The molecule has 0 radical (unpaired) electrons. The summed E-state index contributed by atoms with van der Waals surface area (Å²) in [5.41, 5.74) is 11.7. The van der Waals surface area contributed by atoms with Crippen molar-refractivity contribution in [1.82, 2.24) is 16.0 Å². The highest BCUT2D eigenvalue weighted by Gasteiger charge is 2.26. The van der Waals surface area contributed by atoms with E-state index in [9.17, 15) is 24.3 Å². The number of carbonyl (C=O) groups is 4. The topological polar surface area (TPSA) is 217 Å². The van der Waals surface area contributed by atoms with Gasteiger partial charge < -0.3 is 42.7 Å². The molecule has 0 saturated carbocycles. The van der Waals surface area contributed by atoms with Crippen LogP contribution in [0.3, 0.4) is 0 Å². The maximum Gasteiger partial charge on any atom is 0.328 e.